The molecule has 0 spiro atoms. The summed E-state index contributed by atoms with van der Waals surface area (Å²) in [4.78, 5) is 47.4. The average molecular weight is 594 g/mol. The zero-order valence-electron chi connectivity index (χ0n) is 21.3. The SMILES string of the molecule is CC(=O)OC(=O)c1ccccc1C1c2cc(Cl)c(OC(C)=O)cc2Oc2cc(OC(C)=O)c(Cl)cc21.CCCl. The third kappa shape index (κ3) is 7.09. The monoisotopic (exact) mass is 592 g/mol. The smallest absolute Gasteiger partial charge is 0.346 e. The lowest BCUT2D eigenvalue weighted by atomic mass is 9.80. The topological polar surface area (TPSA) is 105 Å². The number of benzene rings is 3. The van der Waals surface area contributed by atoms with Crippen LogP contribution in [0.25, 0.3) is 0 Å². The summed E-state index contributed by atoms with van der Waals surface area (Å²) < 4.78 is 21.3. The van der Waals surface area contributed by atoms with Crippen LogP contribution < -0.4 is 14.2 Å². The predicted octanol–water partition coefficient (Wildman–Crippen LogP) is 7.08. The van der Waals surface area contributed by atoms with Crippen LogP contribution in [-0.2, 0) is 19.1 Å². The first kappa shape index (κ1) is 30.0. The molecule has 0 fully saturated rings. The number of carbonyl (C=O) groups is 4. The quantitative estimate of drug-likeness (QED) is 0.107. The number of ether oxygens (including phenoxy) is 4. The van der Waals surface area contributed by atoms with Gasteiger partial charge in [-0.25, -0.2) is 4.79 Å². The number of hydrogen-bond donors (Lipinski definition) is 0. The second-order valence-electron chi connectivity index (χ2n) is 8.10. The van der Waals surface area contributed by atoms with E-state index >= 15 is 0 Å². The molecule has 1 aliphatic heterocycles. The standard InChI is InChI=1S/C26H18Cl2O8.C2H5Cl/c1-12(29)33-23-10-21-17(8-19(23)27)25(15-6-4-5-7-16(15)26(32)35-14(3)31)18-9-20(28)24(34-13(2)30)11-22(18)36-21;1-2-3/h4-11,25H,1-3H3;2H2,1H3. The molecule has 204 valence electrons. The van der Waals surface area contributed by atoms with E-state index in [1.807, 2.05) is 6.92 Å². The molecule has 0 atom stereocenters. The highest BCUT2D eigenvalue weighted by atomic mass is 35.5. The highest BCUT2D eigenvalue weighted by molar-refractivity contribution is 6.32. The molecule has 11 heteroatoms. The van der Waals surface area contributed by atoms with Crippen molar-refractivity contribution in [3.8, 4) is 23.0 Å². The molecular formula is C28H23Cl3O8. The van der Waals surface area contributed by atoms with Crippen LogP contribution in [-0.4, -0.2) is 29.8 Å². The van der Waals surface area contributed by atoms with Crippen molar-refractivity contribution in [1.82, 2.24) is 0 Å². The highest BCUT2D eigenvalue weighted by Gasteiger charge is 2.34. The summed E-state index contributed by atoms with van der Waals surface area (Å²) in [6.07, 6.45) is 0. The van der Waals surface area contributed by atoms with E-state index in [9.17, 15) is 19.2 Å². The second kappa shape index (κ2) is 13.0. The summed E-state index contributed by atoms with van der Waals surface area (Å²) in [6, 6.07) is 12.6. The van der Waals surface area contributed by atoms with Crippen LogP contribution in [0.4, 0.5) is 0 Å². The fraction of sp³-hybridized carbons (Fsp3) is 0.214. The first-order valence-corrected chi connectivity index (χ1v) is 12.8. The molecule has 0 unspecified atom stereocenters. The molecule has 3 aromatic rings. The van der Waals surface area contributed by atoms with E-state index in [0.717, 1.165) is 12.8 Å². The van der Waals surface area contributed by atoms with Gasteiger partial charge in [-0.15, -0.1) is 11.6 Å². The molecule has 0 aromatic heterocycles. The molecule has 3 aromatic carbocycles. The third-order valence-electron chi connectivity index (χ3n) is 5.21. The molecule has 1 aliphatic rings. The van der Waals surface area contributed by atoms with Crippen molar-refractivity contribution in [2.24, 2.45) is 0 Å². The summed E-state index contributed by atoms with van der Waals surface area (Å²) >= 11 is 17.8. The largest absolute Gasteiger partial charge is 0.456 e. The number of hydrogen-bond acceptors (Lipinski definition) is 8. The fourth-order valence-electron chi connectivity index (χ4n) is 3.94. The zero-order valence-corrected chi connectivity index (χ0v) is 23.6. The predicted molar refractivity (Wildman–Crippen MR) is 145 cm³/mol. The molecule has 0 aliphatic carbocycles. The van der Waals surface area contributed by atoms with E-state index in [1.54, 1.807) is 30.3 Å². The number of carbonyl (C=O) groups excluding carboxylic acids is 4. The maximum absolute atomic E-state index is 12.8. The van der Waals surface area contributed by atoms with Crippen molar-refractivity contribution in [2.75, 3.05) is 5.88 Å². The zero-order chi connectivity index (χ0) is 28.9. The molecule has 0 amide bonds. The van der Waals surface area contributed by atoms with Crippen LogP contribution in [0.1, 0.15) is 60.7 Å². The van der Waals surface area contributed by atoms with E-state index in [4.69, 9.17) is 53.8 Å². The second-order valence-corrected chi connectivity index (χ2v) is 9.45. The third-order valence-corrected chi connectivity index (χ3v) is 5.80. The Balaban J connectivity index is 0.00000134. The minimum Gasteiger partial charge on any atom is -0.456 e. The van der Waals surface area contributed by atoms with Gasteiger partial charge in [-0.2, -0.15) is 0 Å². The Kier molecular flexibility index (Phi) is 9.97. The van der Waals surface area contributed by atoms with Crippen molar-refractivity contribution < 1.29 is 38.1 Å². The van der Waals surface area contributed by atoms with Gasteiger partial charge in [-0.1, -0.05) is 48.3 Å². The minimum absolute atomic E-state index is 0.0727. The Bertz CT molecular complexity index is 1380. The lowest BCUT2D eigenvalue weighted by molar-refractivity contribution is -0.135. The van der Waals surface area contributed by atoms with Crippen molar-refractivity contribution in [3.63, 3.8) is 0 Å². The summed E-state index contributed by atoms with van der Waals surface area (Å²) in [5.41, 5.74) is 1.67. The van der Waals surface area contributed by atoms with Gasteiger partial charge in [0.1, 0.15) is 11.5 Å². The van der Waals surface area contributed by atoms with Gasteiger partial charge in [-0.05, 0) is 23.8 Å². The Morgan fingerprint density at radius 1 is 0.769 bits per heavy atom. The summed E-state index contributed by atoms with van der Waals surface area (Å²) in [7, 11) is 0. The maximum Gasteiger partial charge on any atom is 0.346 e. The highest BCUT2D eigenvalue weighted by Crippen LogP contribution is 2.52. The van der Waals surface area contributed by atoms with E-state index < -0.39 is 29.8 Å². The molecule has 0 saturated heterocycles. The molecular weight excluding hydrogens is 571 g/mol. The average Bonchev–Trinajstić information content (AvgIpc) is 2.84. The van der Waals surface area contributed by atoms with E-state index in [2.05, 4.69) is 0 Å². The molecule has 0 bridgehead atoms. The molecule has 0 saturated carbocycles. The van der Waals surface area contributed by atoms with Gasteiger partial charge in [0.15, 0.2) is 11.5 Å². The fourth-order valence-corrected chi connectivity index (χ4v) is 4.36. The van der Waals surface area contributed by atoms with Gasteiger partial charge in [-0.3, -0.25) is 14.4 Å². The molecule has 8 nitrogen and oxygen atoms in total. The molecule has 0 radical (unpaired) electrons. The Hall–Kier alpha value is -3.59. The van der Waals surface area contributed by atoms with Gasteiger partial charge >= 0.3 is 23.9 Å². The summed E-state index contributed by atoms with van der Waals surface area (Å²) in [5, 5.41) is 0.264. The van der Waals surface area contributed by atoms with Crippen molar-refractivity contribution >= 4 is 58.7 Å². The lowest BCUT2D eigenvalue weighted by Gasteiger charge is -2.30. The van der Waals surface area contributed by atoms with Crippen LogP contribution in [0.15, 0.2) is 48.5 Å². The Morgan fingerprint density at radius 2 is 1.23 bits per heavy atom. The molecule has 4 rings (SSSR count). The minimum atomic E-state index is -0.835. The van der Waals surface area contributed by atoms with Gasteiger partial charge in [0.25, 0.3) is 0 Å². The van der Waals surface area contributed by atoms with Crippen LogP contribution in [0, 0.1) is 0 Å². The van der Waals surface area contributed by atoms with Gasteiger partial charge in [0, 0.05) is 55.8 Å². The van der Waals surface area contributed by atoms with Gasteiger partial charge in [0.05, 0.1) is 15.6 Å². The van der Waals surface area contributed by atoms with E-state index in [-0.39, 0.29) is 38.6 Å². The normalized spacial score (nSPS) is 11.6. The Morgan fingerprint density at radius 3 is 1.67 bits per heavy atom. The van der Waals surface area contributed by atoms with E-state index in [0.29, 0.717) is 16.7 Å². The molecule has 39 heavy (non-hydrogen) atoms. The number of rotatable bonds is 4. The lowest BCUT2D eigenvalue weighted by Crippen LogP contribution is -2.18. The first-order chi connectivity index (χ1) is 18.5. The van der Waals surface area contributed by atoms with Gasteiger partial charge < -0.3 is 18.9 Å². The van der Waals surface area contributed by atoms with Crippen LogP contribution in [0.5, 0.6) is 23.0 Å². The Labute approximate surface area is 239 Å². The van der Waals surface area contributed by atoms with Crippen LogP contribution >= 0.6 is 34.8 Å². The number of esters is 4. The van der Waals surface area contributed by atoms with Crippen LogP contribution in [0.3, 0.4) is 0 Å². The number of alkyl halides is 1. The summed E-state index contributed by atoms with van der Waals surface area (Å²) in [5.74, 6) is -2.00. The van der Waals surface area contributed by atoms with Gasteiger partial charge in [0.2, 0.25) is 0 Å². The molecule has 1 heterocycles. The summed E-state index contributed by atoms with van der Waals surface area (Å²) in [6.45, 7) is 5.49. The molecule has 0 N–H and O–H groups in total. The first-order valence-electron chi connectivity index (χ1n) is 11.6. The number of halogens is 3. The maximum atomic E-state index is 12.8. The van der Waals surface area contributed by atoms with E-state index in [1.165, 1.54) is 32.0 Å². The van der Waals surface area contributed by atoms with Crippen LogP contribution in [0.2, 0.25) is 10.0 Å². The number of fused-ring (bicyclic) bond motifs is 2. The van der Waals surface area contributed by atoms with Crippen molar-refractivity contribution in [1.29, 1.82) is 0 Å². The van der Waals surface area contributed by atoms with Crippen molar-refractivity contribution in [3.05, 3.63) is 80.8 Å². The van der Waals surface area contributed by atoms with Crippen molar-refractivity contribution in [2.45, 2.75) is 33.6 Å².